The Labute approximate surface area is 187 Å². The van der Waals surface area contributed by atoms with Crippen molar-refractivity contribution in [3.05, 3.63) is 71.8 Å². The smallest absolute Gasteiger partial charge is 0.221 e. The summed E-state index contributed by atoms with van der Waals surface area (Å²) in [5.74, 6) is 0.420. The highest BCUT2D eigenvalue weighted by molar-refractivity contribution is 7.80. The monoisotopic (exact) mass is 435 g/mol. The van der Waals surface area contributed by atoms with Gasteiger partial charge in [0, 0.05) is 37.2 Å². The van der Waals surface area contributed by atoms with Crippen LogP contribution < -0.4 is 20.3 Å². The van der Waals surface area contributed by atoms with Crippen LogP contribution in [0.2, 0.25) is 0 Å². The molecule has 0 unspecified atom stereocenters. The molecule has 1 aromatic carbocycles. The number of aryl methyl sites for hydroxylation is 1. The molecule has 1 amide bonds. The number of benzene rings is 1. The number of rotatable bonds is 5. The highest BCUT2D eigenvalue weighted by atomic mass is 32.1. The Morgan fingerprint density at radius 3 is 2.65 bits per heavy atom. The first-order chi connectivity index (χ1) is 14.9. The number of hydrogen-bond donors (Lipinski definition) is 2. The lowest BCUT2D eigenvalue weighted by atomic mass is 10.0. The molecule has 1 saturated heterocycles. The quantitative estimate of drug-likeness (QED) is 0.593. The summed E-state index contributed by atoms with van der Waals surface area (Å²) >= 11 is 5.78. The highest BCUT2D eigenvalue weighted by Gasteiger charge is 2.42. The van der Waals surface area contributed by atoms with Gasteiger partial charge in [-0.05, 0) is 61.6 Å². The molecule has 160 valence electrons. The van der Waals surface area contributed by atoms with E-state index in [-0.39, 0.29) is 18.0 Å². The van der Waals surface area contributed by atoms with E-state index in [0.29, 0.717) is 16.5 Å². The van der Waals surface area contributed by atoms with Gasteiger partial charge < -0.3 is 24.8 Å². The normalized spacial score (nSPS) is 18.1. The Balaban J connectivity index is 1.84. The minimum atomic E-state index is -0.168. The average Bonchev–Trinajstić information content (AvgIpc) is 3.27. The maximum Gasteiger partial charge on any atom is 0.221 e. The number of hydrogen-bond acceptors (Lipinski definition) is 4. The zero-order valence-electron chi connectivity index (χ0n) is 17.9. The Hall–Kier alpha value is -3.39. The predicted molar refractivity (Wildman–Crippen MR) is 125 cm³/mol. The molecular formula is C23H25N5O2S. The second kappa shape index (κ2) is 8.39. The third-order valence-electron chi connectivity index (χ3n) is 5.58. The third kappa shape index (κ3) is 3.86. The van der Waals surface area contributed by atoms with E-state index in [0.717, 1.165) is 22.8 Å². The maximum absolute atomic E-state index is 11.7. The van der Waals surface area contributed by atoms with Crippen molar-refractivity contribution in [1.82, 2.24) is 14.9 Å². The van der Waals surface area contributed by atoms with Crippen LogP contribution in [0.4, 0.5) is 11.4 Å². The number of carbonyl (C=O) groups excluding carboxylic acids is 1. The Kier molecular flexibility index (Phi) is 5.65. The van der Waals surface area contributed by atoms with Crippen molar-refractivity contribution >= 4 is 34.6 Å². The molecule has 4 rings (SSSR count). The summed E-state index contributed by atoms with van der Waals surface area (Å²) in [5.41, 5.74) is 4.62. The van der Waals surface area contributed by atoms with Crippen LogP contribution in [0.25, 0.3) is 0 Å². The van der Waals surface area contributed by atoms with Gasteiger partial charge in [0.2, 0.25) is 5.91 Å². The van der Waals surface area contributed by atoms with Crippen LogP contribution in [-0.2, 0) is 11.8 Å². The van der Waals surface area contributed by atoms with Crippen molar-refractivity contribution in [3.8, 4) is 5.75 Å². The average molecular weight is 436 g/mol. The van der Waals surface area contributed by atoms with Crippen LogP contribution in [0.1, 0.15) is 36.1 Å². The third-order valence-corrected chi connectivity index (χ3v) is 5.90. The number of anilines is 2. The maximum atomic E-state index is 11.7. The molecule has 0 bridgehead atoms. The van der Waals surface area contributed by atoms with Gasteiger partial charge in [0.1, 0.15) is 11.8 Å². The second-order valence-corrected chi connectivity index (χ2v) is 7.91. The first-order valence-corrected chi connectivity index (χ1v) is 10.4. The number of nitrogens with zero attached hydrogens (tertiary/aromatic N) is 3. The molecule has 0 aliphatic carbocycles. The van der Waals surface area contributed by atoms with E-state index in [4.69, 9.17) is 17.0 Å². The number of pyridine rings is 1. The molecule has 8 heteroatoms. The summed E-state index contributed by atoms with van der Waals surface area (Å²) in [4.78, 5) is 18.4. The topological polar surface area (TPSA) is 71.4 Å². The fraction of sp³-hybridized carbons (Fsp3) is 0.261. The minimum absolute atomic E-state index is 0.125. The second-order valence-electron chi connectivity index (χ2n) is 7.52. The molecule has 0 radical (unpaired) electrons. The van der Waals surface area contributed by atoms with Crippen molar-refractivity contribution < 1.29 is 9.53 Å². The Bertz CT molecular complexity index is 1130. The summed E-state index contributed by atoms with van der Waals surface area (Å²) in [6.45, 7) is 3.55. The molecule has 1 aliphatic heterocycles. The van der Waals surface area contributed by atoms with Crippen molar-refractivity contribution in [2.24, 2.45) is 7.05 Å². The van der Waals surface area contributed by atoms with Crippen LogP contribution in [0.3, 0.4) is 0 Å². The molecule has 0 saturated carbocycles. The van der Waals surface area contributed by atoms with Crippen LogP contribution >= 0.6 is 12.2 Å². The molecule has 2 atom stereocenters. The van der Waals surface area contributed by atoms with Gasteiger partial charge in [0.25, 0.3) is 0 Å². The van der Waals surface area contributed by atoms with Crippen LogP contribution in [0.5, 0.6) is 5.75 Å². The molecule has 31 heavy (non-hydrogen) atoms. The predicted octanol–water partition coefficient (Wildman–Crippen LogP) is 3.87. The first-order valence-electron chi connectivity index (χ1n) is 9.99. The molecule has 1 fully saturated rings. The number of thiocarbonyl (C=S) groups is 1. The van der Waals surface area contributed by atoms with E-state index in [1.807, 2.05) is 36.4 Å². The number of carbonyl (C=O) groups is 1. The van der Waals surface area contributed by atoms with Crippen LogP contribution in [0, 0.1) is 6.92 Å². The van der Waals surface area contributed by atoms with Crippen LogP contribution in [0.15, 0.2) is 54.7 Å². The molecule has 1 aliphatic rings. The van der Waals surface area contributed by atoms with Gasteiger partial charge in [-0.3, -0.25) is 9.78 Å². The number of ether oxygens (including phenoxy) is 1. The molecule has 3 heterocycles. The van der Waals surface area contributed by atoms with Gasteiger partial charge in [-0.1, -0.05) is 6.07 Å². The summed E-state index contributed by atoms with van der Waals surface area (Å²) in [5, 5.41) is 6.90. The van der Waals surface area contributed by atoms with E-state index in [2.05, 4.69) is 51.2 Å². The Morgan fingerprint density at radius 1 is 1.23 bits per heavy atom. The standard InChI is InChI=1S/C23H25N5O2S/c1-14-8-10-19(27(14)3)22-21(17-7-5-6-12-24-17)26-23(31)28(22)16-9-11-20(30-4)18(13-16)25-15(2)29/h5-13,21-22H,1-4H3,(H,25,29)(H,26,31)/t21-,22+/m0/s1. The number of aromatic nitrogens is 2. The lowest BCUT2D eigenvalue weighted by Crippen LogP contribution is -2.30. The fourth-order valence-corrected chi connectivity index (χ4v) is 4.34. The van der Waals surface area contributed by atoms with Crippen LogP contribution in [-0.4, -0.2) is 27.7 Å². The zero-order valence-corrected chi connectivity index (χ0v) is 18.7. The van der Waals surface area contributed by atoms with Crippen molar-refractivity contribution in [2.75, 3.05) is 17.3 Å². The summed E-state index contributed by atoms with van der Waals surface area (Å²) in [7, 11) is 3.63. The largest absolute Gasteiger partial charge is 0.495 e. The molecule has 3 aromatic rings. The fourth-order valence-electron chi connectivity index (χ4n) is 4.00. The highest BCUT2D eigenvalue weighted by Crippen LogP contribution is 2.43. The van der Waals surface area contributed by atoms with Crippen molar-refractivity contribution in [2.45, 2.75) is 25.9 Å². The van der Waals surface area contributed by atoms with E-state index in [1.54, 1.807) is 13.3 Å². The molecule has 2 aromatic heterocycles. The van der Waals surface area contributed by atoms with Gasteiger partial charge in [0.15, 0.2) is 5.11 Å². The lowest BCUT2D eigenvalue weighted by molar-refractivity contribution is -0.114. The molecule has 0 spiro atoms. The summed E-state index contributed by atoms with van der Waals surface area (Å²) < 4.78 is 7.59. The summed E-state index contributed by atoms with van der Waals surface area (Å²) in [6.07, 6.45) is 1.79. The van der Waals surface area contributed by atoms with Crippen molar-refractivity contribution in [3.63, 3.8) is 0 Å². The molecule has 7 nitrogen and oxygen atoms in total. The SMILES string of the molecule is COc1ccc(N2C(=S)N[C@@H](c3ccccn3)[C@H]2c2ccc(C)n2C)cc1NC(C)=O. The number of amides is 1. The van der Waals surface area contributed by atoms with Gasteiger partial charge in [-0.15, -0.1) is 0 Å². The van der Waals surface area contributed by atoms with Gasteiger partial charge in [0.05, 0.1) is 24.5 Å². The minimum Gasteiger partial charge on any atom is -0.495 e. The number of nitrogens with one attached hydrogen (secondary N) is 2. The molecule has 2 N–H and O–H groups in total. The molecular weight excluding hydrogens is 410 g/mol. The first kappa shape index (κ1) is 20.9. The van der Waals surface area contributed by atoms with E-state index < -0.39 is 0 Å². The summed E-state index contributed by atoms with van der Waals surface area (Å²) in [6, 6.07) is 15.5. The zero-order chi connectivity index (χ0) is 22.1. The van der Waals surface area contributed by atoms with Gasteiger partial charge in [-0.2, -0.15) is 0 Å². The number of methoxy groups -OCH3 is 1. The Morgan fingerprint density at radius 2 is 2.03 bits per heavy atom. The van der Waals surface area contributed by atoms with Gasteiger partial charge in [-0.25, -0.2) is 0 Å². The van der Waals surface area contributed by atoms with E-state index in [1.165, 1.54) is 6.92 Å². The van der Waals surface area contributed by atoms with Gasteiger partial charge >= 0.3 is 0 Å². The van der Waals surface area contributed by atoms with Crippen molar-refractivity contribution in [1.29, 1.82) is 0 Å². The van der Waals surface area contributed by atoms with E-state index in [9.17, 15) is 4.79 Å². The van der Waals surface area contributed by atoms with E-state index >= 15 is 0 Å². The lowest BCUT2D eigenvalue weighted by Gasteiger charge is -2.29.